The molecule has 0 aromatic rings. The van der Waals surface area contributed by atoms with Crippen LogP contribution in [0.25, 0.3) is 0 Å². The molecular formula is C55H90O8P2-6. The van der Waals surface area contributed by atoms with Crippen molar-refractivity contribution >= 4 is 15.6 Å². The van der Waals surface area contributed by atoms with Crippen molar-refractivity contribution in [3.8, 4) is 0 Å². The van der Waals surface area contributed by atoms with Crippen LogP contribution in [0.2, 0.25) is 0 Å². The maximum absolute atomic E-state index is 8.55. The van der Waals surface area contributed by atoms with Crippen LogP contribution >= 0.6 is 15.6 Å². The van der Waals surface area contributed by atoms with Crippen LogP contribution in [0.3, 0.4) is 0 Å². The summed E-state index contributed by atoms with van der Waals surface area (Å²) < 4.78 is 17.1. The summed E-state index contributed by atoms with van der Waals surface area (Å²) in [5.41, 5.74) is 16.7. The van der Waals surface area contributed by atoms with Gasteiger partial charge in [0.2, 0.25) is 0 Å². The summed E-state index contributed by atoms with van der Waals surface area (Å²) in [7, 11) is -10.8. The molecule has 0 amide bonds. The zero-order valence-corrected chi connectivity index (χ0v) is 44.9. The molecule has 0 bridgehead atoms. The highest BCUT2D eigenvalue weighted by atomic mass is 31.2. The molecule has 0 N–H and O–H groups in total. The quantitative estimate of drug-likeness (QED) is 0.0505. The molecule has 0 fully saturated rings. The van der Waals surface area contributed by atoms with Gasteiger partial charge in [-0.25, -0.2) is 0 Å². The van der Waals surface area contributed by atoms with Gasteiger partial charge in [-0.2, -0.15) is 15.6 Å². The molecule has 0 atom stereocenters. The second kappa shape index (κ2) is 41.5. The Morgan fingerprint density at radius 3 is 0.523 bits per heavy atom. The Morgan fingerprint density at radius 2 is 0.400 bits per heavy atom. The molecule has 65 heavy (non-hydrogen) atoms. The molecule has 0 aromatic heterocycles. The van der Waals surface area contributed by atoms with E-state index in [1.807, 2.05) is 0 Å². The average molecular weight is 941 g/mol. The lowest BCUT2D eigenvalue weighted by Crippen LogP contribution is -2.24. The third-order valence-corrected chi connectivity index (χ3v) is 10.9. The highest BCUT2D eigenvalue weighted by Gasteiger charge is 1.98. The number of phosphoric acid groups is 2. The van der Waals surface area contributed by atoms with Crippen LogP contribution in [0.4, 0.5) is 0 Å². The molecule has 10 heteroatoms. The molecule has 0 aliphatic rings. The minimum atomic E-state index is -5.39. The number of hydrogen-bond donors (Lipinski definition) is 0. The Bertz CT molecular complexity index is 1710. The molecule has 374 valence electrons. The Morgan fingerprint density at radius 1 is 0.277 bits per heavy atom. The minimum Gasteiger partial charge on any atom is -0.822 e. The van der Waals surface area contributed by atoms with E-state index < -0.39 is 15.6 Å². The van der Waals surface area contributed by atoms with Crippen LogP contribution in [0, 0.1) is 0 Å². The van der Waals surface area contributed by atoms with Crippen LogP contribution in [0.15, 0.2) is 128 Å². The standard InChI is InChI=1S/C55H90.2H3O4P/c1-14-46(4)26-16-28-48(6)30-18-32-50(8)34-20-36-52(10)38-22-40-54(12)42-24-44-55(13)43-23-41-53(11)39-21-37-51(9)35-19-33-49(7)31-17-29-47(5)27-15-25-45(2)3;2*1-5(2,3)4/h14,25,28-29,32-33,36-37,40-41,44H,15-24,26-27,30-31,34-35,38-39,42-43H2,1-13H3;2*(H3,1,2,3,4)/p-6. The van der Waals surface area contributed by atoms with Gasteiger partial charge in [-0.05, 0) is 218 Å². The lowest BCUT2D eigenvalue weighted by atomic mass is 10.0. The second-order valence-corrected chi connectivity index (χ2v) is 19.9. The maximum atomic E-state index is 8.55. The number of rotatable bonds is 30. The van der Waals surface area contributed by atoms with Gasteiger partial charge in [-0.15, -0.1) is 0 Å². The predicted octanol–water partition coefficient (Wildman–Crippen LogP) is 13.6. The Kier molecular flexibility index (Phi) is 42.6. The fourth-order valence-electron chi connectivity index (χ4n) is 6.57. The molecule has 0 radical (unpaired) electrons. The normalized spacial score (nSPS) is 14.5. The molecule has 8 nitrogen and oxygen atoms in total. The summed E-state index contributed by atoms with van der Waals surface area (Å²) >= 11 is 0. The lowest BCUT2D eigenvalue weighted by Gasteiger charge is -2.36. The van der Waals surface area contributed by atoms with Crippen molar-refractivity contribution in [2.45, 2.75) is 218 Å². The summed E-state index contributed by atoms with van der Waals surface area (Å²) in [5, 5.41) is 0. The monoisotopic (exact) mass is 941 g/mol. The smallest absolute Gasteiger partial charge is 0.0288 e. The average Bonchev–Trinajstić information content (AvgIpc) is 3.16. The number of allylic oxidation sites excluding steroid dienone is 22. The largest absolute Gasteiger partial charge is 0.822 e. The van der Waals surface area contributed by atoms with E-state index >= 15 is 0 Å². The minimum absolute atomic E-state index is 1.16. The summed E-state index contributed by atoms with van der Waals surface area (Å²) in [6.07, 6.45) is 50.2. The first-order valence-electron chi connectivity index (χ1n) is 23.8. The fraction of sp³-hybridized carbons (Fsp3) is 0.600. The van der Waals surface area contributed by atoms with Crippen LogP contribution in [-0.4, -0.2) is 0 Å². The molecule has 0 aliphatic carbocycles. The lowest BCUT2D eigenvalue weighted by molar-refractivity contribution is -0.434. The van der Waals surface area contributed by atoms with Gasteiger partial charge in [0.1, 0.15) is 0 Å². The van der Waals surface area contributed by atoms with E-state index in [9.17, 15) is 0 Å². The Hall–Kier alpha value is -2.64. The summed E-state index contributed by atoms with van der Waals surface area (Å²) in [6.45, 7) is 29.4. The van der Waals surface area contributed by atoms with Crippen molar-refractivity contribution < 1.29 is 38.5 Å². The van der Waals surface area contributed by atoms with E-state index in [1.54, 1.807) is 0 Å². The highest BCUT2D eigenvalue weighted by Crippen LogP contribution is 2.19. The Labute approximate surface area is 399 Å². The molecule has 0 saturated carbocycles. The molecule has 0 aliphatic heterocycles. The van der Waals surface area contributed by atoms with Crippen molar-refractivity contribution in [2.24, 2.45) is 0 Å². The zero-order chi connectivity index (χ0) is 50.3. The molecule has 0 rings (SSSR count). The molecule has 0 unspecified atom stereocenters. The van der Waals surface area contributed by atoms with Gasteiger partial charge in [0.05, 0.1) is 0 Å². The van der Waals surface area contributed by atoms with Crippen LogP contribution in [0.5, 0.6) is 0 Å². The Balaban J connectivity index is -0.00000343. The van der Waals surface area contributed by atoms with Crippen LogP contribution in [-0.2, 0) is 9.13 Å². The van der Waals surface area contributed by atoms with E-state index in [0.717, 1.165) is 32.1 Å². The first-order chi connectivity index (χ1) is 30.2. The van der Waals surface area contributed by atoms with Crippen LogP contribution in [0.1, 0.15) is 218 Å². The van der Waals surface area contributed by atoms with Gasteiger partial charge in [0.25, 0.3) is 0 Å². The van der Waals surface area contributed by atoms with E-state index in [0.29, 0.717) is 0 Å². The third kappa shape index (κ3) is 61.4. The maximum Gasteiger partial charge on any atom is -0.0288 e. The second-order valence-electron chi connectivity index (χ2n) is 18.2. The summed E-state index contributed by atoms with van der Waals surface area (Å²) in [6, 6.07) is 0. The van der Waals surface area contributed by atoms with Gasteiger partial charge in [-0.1, -0.05) is 128 Å². The zero-order valence-electron chi connectivity index (χ0n) is 43.2. The predicted molar refractivity (Wildman–Crippen MR) is 270 cm³/mol. The molecule has 0 aromatic carbocycles. The van der Waals surface area contributed by atoms with Crippen molar-refractivity contribution in [1.82, 2.24) is 0 Å². The van der Waals surface area contributed by atoms with Gasteiger partial charge in [0, 0.05) is 0 Å². The molecular weight excluding hydrogens is 851 g/mol. The van der Waals surface area contributed by atoms with Gasteiger partial charge in [0.15, 0.2) is 0 Å². The van der Waals surface area contributed by atoms with E-state index in [4.69, 9.17) is 38.5 Å². The SMILES string of the molecule is CC=C(C)CCC=C(C)CCC=C(C)CCC=C(C)CCC=C(C)CCC=C(C)CCC=C(C)CCC=C(C)CCC=C(C)CCC=C(C)CCC=C(C)C.O=P([O-])([O-])[O-].O=P([O-])([O-])[O-]. The topological polar surface area (TPSA) is 172 Å². The van der Waals surface area contributed by atoms with Crippen LogP contribution < -0.4 is 29.4 Å². The van der Waals surface area contributed by atoms with Gasteiger partial charge in [-0.3, -0.25) is 0 Å². The van der Waals surface area contributed by atoms with Crippen molar-refractivity contribution in [1.29, 1.82) is 0 Å². The highest BCUT2D eigenvalue weighted by molar-refractivity contribution is 7.40. The van der Waals surface area contributed by atoms with Crippen molar-refractivity contribution in [2.75, 3.05) is 0 Å². The fourth-order valence-corrected chi connectivity index (χ4v) is 6.57. The first-order valence-corrected chi connectivity index (χ1v) is 26.8. The van der Waals surface area contributed by atoms with Gasteiger partial charge >= 0.3 is 0 Å². The first kappa shape index (κ1) is 66.6. The summed E-state index contributed by atoms with van der Waals surface area (Å²) in [5.74, 6) is 0. The summed E-state index contributed by atoms with van der Waals surface area (Å²) in [4.78, 5) is 51.3. The van der Waals surface area contributed by atoms with Crippen molar-refractivity contribution in [3.63, 3.8) is 0 Å². The molecule has 0 heterocycles. The van der Waals surface area contributed by atoms with Gasteiger partial charge < -0.3 is 38.5 Å². The van der Waals surface area contributed by atoms with E-state index in [-0.39, 0.29) is 0 Å². The third-order valence-electron chi connectivity index (χ3n) is 10.9. The van der Waals surface area contributed by atoms with E-state index in [2.05, 4.69) is 157 Å². The number of hydrogen-bond acceptors (Lipinski definition) is 8. The molecule has 0 saturated heterocycles. The molecule has 0 spiro atoms. The van der Waals surface area contributed by atoms with E-state index in [1.165, 1.54) is 158 Å². The van der Waals surface area contributed by atoms with Crippen molar-refractivity contribution in [3.05, 3.63) is 128 Å².